The molecule has 2 N–H and O–H groups in total. The third-order valence-corrected chi connectivity index (χ3v) is 5.12. The van der Waals surface area contributed by atoms with Crippen LogP contribution in [0.1, 0.15) is 5.56 Å². The summed E-state index contributed by atoms with van der Waals surface area (Å²) in [6.07, 6.45) is 0. The number of carboxylic acids is 1. The van der Waals surface area contributed by atoms with Crippen LogP contribution in [0.3, 0.4) is 0 Å². The van der Waals surface area contributed by atoms with E-state index in [1.807, 2.05) is 6.07 Å². The Morgan fingerprint density at radius 2 is 1.96 bits per heavy atom. The third-order valence-electron chi connectivity index (χ3n) is 3.74. The molecular formula is C17H13N3O6S. The van der Waals surface area contributed by atoms with Gasteiger partial charge in [-0.3, -0.25) is 19.2 Å². The number of amides is 1. The highest BCUT2D eigenvalue weighted by molar-refractivity contribution is 7.92. The highest BCUT2D eigenvalue weighted by atomic mass is 32.2. The van der Waals surface area contributed by atoms with E-state index in [9.17, 15) is 18.0 Å². The van der Waals surface area contributed by atoms with Gasteiger partial charge in [-0.15, -0.1) is 0 Å². The maximum absolute atomic E-state index is 12.6. The molecule has 0 radical (unpaired) electrons. The van der Waals surface area contributed by atoms with E-state index < -0.39 is 28.4 Å². The minimum absolute atomic E-state index is 0.0661. The van der Waals surface area contributed by atoms with Crippen molar-refractivity contribution in [3.63, 3.8) is 0 Å². The van der Waals surface area contributed by atoms with Crippen molar-refractivity contribution >= 4 is 33.3 Å². The van der Waals surface area contributed by atoms with E-state index in [2.05, 4.69) is 4.72 Å². The standard InChI is InChI=1S/C17H13N3O6S/c18-8-11-1-3-12(4-2-11)19-27(24,25)13-5-6-15-14(7-13)20(9-17(22)23)16(21)10-26-15/h1-7,19H,9-10H2,(H,22,23). The lowest BCUT2D eigenvalue weighted by Crippen LogP contribution is -2.42. The van der Waals surface area contributed by atoms with Crippen LogP contribution in [-0.2, 0) is 19.6 Å². The van der Waals surface area contributed by atoms with Crippen LogP contribution >= 0.6 is 0 Å². The van der Waals surface area contributed by atoms with E-state index >= 15 is 0 Å². The molecule has 0 unspecified atom stereocenters. The van der Waals surface area contributed by atoms with Crippen molar-refractivity contribution in [1.29, 1.82) is 5.26 Å². The van der Waals surface area contributed by atoms with Crippen LogP contribution in [0.5, 0.6) is 5.75 Å². The fraction of sp³-hybridized carbons (Fsp3) is 0.118. The summed E-state index contributed by atoms with van der Waals surface area (Å²) in [5, 5.41) is 17.8. The van der Waals surface area contributed by atoms with Gasteiger partial charge in [0.15, 0.2) is 6.61 Å². The van der Waals surface area contributed by atoms with Crippen molar-refractivity contribution in [2.24, 2.45) is 0 Å². The van der Waals surface area contributed by atoms with E-state index in [0.29, 0.717) is 5.56 Å². The number of nitrogens with one attached hydrogen (secondary N) is 1. The van der Waals surface area contributed by atoms with Gasteiger partial charge in [-0.1, -0.05) is 0 Å². The van der Waals surface area contributed by atoms with Gasteiger partial charge in [0.1, 0.15) is 12.3 Å². The zero-order valence-electron chi connectivity index (χ0n) is 13.7. The minimum atomic E-state index is -4.01. The molecule has 2 aromatic carbocycles. The molecule has 1 aliphatic heterocycles. The SMILES string of the molecule is N#Cc1ccc(NS(=O)(=O)c2ccc3c(c2)N(CC(=O)O)C(=O)CO3)cc1. The summed E-state index contributed by atoms with van der Waals surface area (Å²) >= 11 is 0. The Hall–Kier alpha value is -3.58. The maximum Gasteiger partial charge on any atom is 0.323 e. The smallest absolute Gasteiger partial charge is 0.323 e. The lowest BCUT2D eigenvalue weighted by molar-refractivity contribution is -0.137. The first-order valence-electron chi connectivity index (χ1n) is 7.62. The lowest BCUT2D eigenvalue weighted by atomic mass is 10.2. The van der Waals surface area contributed by atoms with Crippen LogP contribution in [0.15, 0.2) is 47.4 Å². The molecule has 0 saturated heterocycles. The number of fused-ring (bicyclic) bond motifs is 1. The van der Waals surface area contributed by atoms with Crippen LogP contribution in [0, 0.1) is 11.3 Å². The van der Waals surface area contributed by atoms with Gasteiger partial charge in [-0.2, -0.15) is 5.26 Å². The summed E-state index contributed by atoms with van der Waals surface area (Å²) in [5.41, 5.74) is 0.699. The zero-order valence-corrected chi connectivity index (χ0v) is 14.6. The van der Waals surface area contributed by atoms with E-state index in [4.69, 9.17) is 15.1 Å². The molecule has 0 spiro atoms. The average Bonchev–Trinajstić information content (AvgIpc) is 2.64. The Balaban J connectivity index is 1.94. The topological polar surface area (TPSA) is 137 Å². The molecule has 0 saturated carbocycles. The predicted octanol–water partition coefficient (Wildman–Crippen LogP) is 1.17. The number of carbonyl (C=O) groups is 2. The molecule has 0 aromatic heterocycles. The van der Waals surface area contributed by atoms with Gasteiger partial charge in [-0.05, 0) is 42.5 Å². The minimum Gasteiger partial charge on any atom is -0.482 e. The van der Waals surface area contributed by atoms with Crippen molar-refractivity contribution in [1.82, 2.24) is 0 Å². The third kappa shape index (κ3) is 3.83. The molecule has 0 aliphatic carbocycles. The average molecular weight is 387 g/mol. The van der Waals surface area contributed by atoms with Gasteiger partial charge < -0.3 is 9.84 Å². The summed E-state index contributed by atoms with van der Waals surface area (Å²) in [5.74, 6) is -1.60. The van der Waals surface area contributed by atoms with Crippen molar-refractivity contribution in [3.8, 4) is 11.8 Å². The molecule has 10 heteroatoms. The Morgan fingerprint density at radius 3 is 2.59 bits per heavy atom. The number of rotatable bonds is 5. The summed E-state index contributed by atoms with van der Waals surface area (Å²) in [7, 11) is -4.01. The Labute approximate surface area is 154 Å². The second kappa shape index (κ2) is 6.97. The van der Waals surface area contributed by atoms with E-state index in [-0.39, 0.29) is 28.6 Å². The first-order chi connectivity index (χ1) is 12.8. The molecule has 2 aromatic rings. The first kappa shape index (κ1) is 18.2. The molecule has 0 bridgehead atoms. The number of carbonyl (C=O) groups excluding carboxylic acids is 1. The number of hydrogen-bond donors (Lipinski definition) is 2. The molecule has 1 aliphatic rings. The van der Waals surface area contributed by atoms with Gasteiger partial charge in [-0.25, -0.2) is 8.42 Å². The molecule has 0 fully saturated rings. The van der Waals surface area contributed by atoms with Gasteiger partial charge >= 0.3 is 5.97 Å². The molecule has 1 heterocycles. The summed E-state index contributed by atoms with van der Waals surface area (Å²) in [6.45, 7) is -0.933. The number of sulfonamides is 1. The van der Waals surface area contributed by atoms with Gasteiger partial charge in [0.2, 0.25) is 0 Å². The van der Waals surface area contributed by atoms with Crippen LogP contribution in [0.2, 0.25) is 0 Å². The highest BCUT2D eigenvalue weighted by Crippen LogP contribution is 2.34. The van der Waals surface area contributed by atoms with Gasteiger partial charge in [0, 0.05) is 5.69 Å². The quantitative estimate of drug-likeness (QED) is 0.785. The Kier molecular flexibility index (Phi) is 4.70. The highest BCUT2D eigenvalue weighted by Gasteiger charge is 2.29. The number of ether oxygens (including phenoxy) is 1. The molecule has 3 rings (SSSR count). The van der Waals surface area contributed by atoms with E-state index in [0.717, 1.165) is 4.90 Å². The molecular weight excluding hydrogens is 374 g/mol. The molecule has 27 heavy (non-hydrogen) atoms. The number of aliphatic carboxylic acids is 1. The van der Waals surface area contributed by atoms with Gasteiger partial charge in [0.05, 0.1) is 22.2 Å². The van der Waals surface area contributed by atoms with Gasteiger partial charge in [0.25, 0.3) is 15.9 Å². The number of anilines is 2. The monoisotopic (exact) mass is 387 g/mol. The second-order valence-corrected chi connectivity index (χ2v) is 7.27. The lowest BCUT2D eigenvalue weighted by Gasteiger charge is -2.28. The largest absolute Gasteiger partial charge is 0.482 e. The number of nitriles is 1. The summed E-state index contributed by atoms with van der Waals surface area (Å²) in [6, 6.07) is 11.6. The van der Waals surface area contributed by atoms with E-state index in [1.54, 1.807) is 0 Å². The predicted molar refractivity (Wildman–Crippen MR) is 93.9 cm³/mol. The second-order valence-electron chi connectivity index (χ2n) is 5.59. The fourth-order valence-corrected chi connectivity index (χ4v) is 3.56. The number of carboxylic acid groups (broad SMARTS) is 1. The maximum atomic E-state index is 12.6. The number of hydrogen-bond acceptors (Lipinski definition) is 6. The van der Waals surface area contributed by atoms with E-state index in [1.165, 1.54) is 42.5 Å². The first-order valence-corrected chi connectivity index (χ1v) is 9.10. The van der Waals surface area contributed by atoms with Crippen molar-refractivity contribution in [2.75, 3.05) is 22.8 Å². The van der Waals surface area contributed by atoms with Crippen molar-refractivity contribution in [3.05, 3.63) is 48.0 Å². The van der Waals surface area contributed by atoms with Crippen LogP contribution < -0.4 is 14.4 Å². The Morgan fingerprint density at radius 1 is 1.26 bits per heavy atom. The molecule has 0 atom stereocenters. The van der Waals surface area contributed by atoms with Crippen molar-refractivity contribution < 1.29 is 27.9 Å². The van der Waals surface area contributed by atoms with Crippen LogP contribution in [0.25, 0.3) is 0 Å². The fourth-order valence-electron chi connectivity index (χ4n) is 2.48. The van der Waals surface area contributed by atoms with Crippen LogP contribution in [0.4, 0.5) is 11.4 Å². The zero-order chi connectivity index (χ0) is 19.6. The molecule has 138 valence electrons. The molecule has 9 nitrogen and oxygen atoms in total. The number of nitrogens with zero attached hydrogens (tertiary/aromatic N) is 2. The summed E-state index contributed by atoms with van der Waals surface area (Å²) < 4.78 is 32.8. The summed E-state index contributed by atoms with van der Waals surface area (Å²) in [4.78, 5) is 23.8. The molecule has 1 amide bonds. The van der Waals surface area contributed by atoms with Crippen LogP contribution in [-0.4, -0.2) is 38.6 Å². The Bertz CT molecular complexity index is 1060. The number of benzene rings is 2. The normalized spacial score (nSPS) is 13.3. The van der Waals surface area contributed by atoms with Crippen molar-refractivity contribution in [2.45, 2.75) is 4.90 Å².